The van der Waals surface area contributed by atoms with Gasteiger partial charge >= 0.3 is 0 Å². The molecule has 4 heteroatoms. The third kappa shape index (κ3) is 2.69. The van der Waals surface area contributed by atoms with Gasteiger partial charge in [0.25, 0.3) is 0 Å². The Labute approximate surface area is 93.9 Å². The topological polar surface area (TPSA) is 49.6 Å². The summed E-state index contributed by atoms with van der Waals surface area (Å²) in [5, 5.41) is 10.2. The molecule has 1 aromatic heterocycles. The Morgan fingerprint density at radius 1 is 1.27 bits per heavy atom. The molecule has 0 saturated heterocycles. The highest BCUT2D eigenvalue weighted by molar-refractivity contribution is 7.99. The fourth-order valence-corrected chi connectivity index (χ4v) is 3.03. The lowest BCUT2D eigenvalue weighted by molar-refractivity contribution is 0.439. The second-order valence-electron chi connectivity index (χ2n) is 3.71. The summed E-state index contributed by atoms with van der Waals surface area (Å²) in [7, 11) is 0. The molecule has 1 aliphatic rings. The van der Waals surface area contributed by atoms with E-state index < -0.39 is 0 Å². The third-order valence-corrected chi connectivity index (χ3v) is 3.96. The van der Waals surface area contributed by atoms with E-state index in [0.29, 0.717) is 5.25 Å². The van der Waals surface area contributed by atoms with Crippen LogP contribution in [0.2, 0.25) is 0 Å². The number of nitriles is 1. The zero-order chi connectivity index (χ0) is 10.5. The van der Waals surface area contributed by atoms with Gasteiger partial charge in [-0.25, -0.2) is 9.97 Å². The van der Waals surface area contributed by atoms with Crippen LogP contribution in [0, 0.1) is 17.2 Å². The van der Waals surface area contributed by atoms with Gasteiger partial charge in [0.15, 0.2) is 5.16 Å². The normalized spacial score (nSPS) is 25.8. The molecule has 3 nitrogen and oxygen atoms in total. The van der Waals surface area contributed by atoms with Crippen LogP contribution in [0.25, 0.3) is 0 Å². The summed E-state index contributed by atoms with van der Waals surface area (Å²) >= 11 is 1.65. The van der Waals surface area contributed by atoms with Crippen LogP contribution in [0.15, 0.2) is 23.6 Å². The quantitative estimate of drug-likeness (QED) is 0.717. The Bertz CT molecular complexity index is 347. The lowest BCUT2D eigenvalue weighted by atomic mass is 9.90. The second kappa shape index (κ2) is 5.13. The van der Waals surface area contributed by atoms with Crippen molar-refractivity contribution in [3.05, 3.63) is 18.5 Å². The molecular weight excluding hydrogens is 206 g/mol. The van der Waals surface area contributed by atoms with Gasteiger partial charge in [-0.1, -0.05) is 24.6 Å². The molecule has 1 saturated carbocycles. The summed E-state index contributed by atoms with van der Waals surface area (Å²) in [4.78, 5) is 8.37. The average Bonchev–Trinajstić information content (AvgIpc) is 2.31. The van der Waals surface area contributed by atoms with E-state index in [4.69, 9.17) is 5.26 Å². The molecule has 2 rings (SSSR count). The summed E-state index contributed by atoms with van der Waals surface area (Å²) < 4.78 is 0. The van der Waals surface area contributed by atoms with Gasteiger partial charge in [-0.15, -0.1) is 0 Å². The maximum atomic E-state index is 9.04. The van der Waals surface area contributed by atoms with Gasteiger partial charge in [0.2, 0.25) is 0 Å². The Balaban J connectivity index is 2.01. The predicted octanol–water partition coefficient (Wildman–Crippen LogP) is 2.65. The van der Waals surface area contributed by atoms with Crippen molar-refractivity contribution in [1.82, 2.24) is 9.97 Å². The van der Waals surface area contributed by atoms with Crippen molar-refractivity contribution < 1.29 is 0 Å². The summed E-state index contributed by atoms with van der Waals surface area (Å²) in [6.07, 6.45) is 8.05. The summed E-state index contributed by atoms with van der Waals surface area (Å²) in [6, 6.07) is 4.21. The molecule has 78 valence electrons. The van der Waals surface area contributed by atoms with Crippen molar-refractivity contribution in [2.24, 2.45) is 5.92 Å². The van der Waals surface area contributed by atoms with E-state index in [0.717, 1.165) is 18.0 Å². The minimum absolute atomic E-state index is 0.174. The molecule has 1 aliphatic carbocycles. The molecule has 0 N–H and O–H groups in total. The van der Waals surface area contributed by atoms with Crippen LogP contribution in [-0.4, -0.2) is 15.2 Å². The van der Waals surface area contributed by atoms with Gasteiger partial charge in [0.1, 0.15) is 0 Å². The van der Waals surface area contributed by atoms with Gasteiger partial charge < -0.3 is 0 Å². The van der Waals surface area contributed by atoms with E-state index in [1.807, 2.05) is 6.07 Å². The van der Waals surface area contributed by atoms with Crippen LogP contribution < -0.4 is 0 Å². The molecule has 2 atom stereocenters. The van der Waals surface area contributed by atoms with Crippen molar-refractivity contribution in [1.29, 1.82) is 5.26 Å². The van der Waals surface area contributed by atoms with E-state index >= 15 is 0 Å². The van der Waals surface area contributed by atoms with Crippen LogP contribution in [0.4, 0.5) is 0 Å². The first-order valence-corrected chi connectivity index (χ1v) is 6.11. The molecule has 15 heavy (non-hydrogen) atoms. The lowest BCUT2D eigenvalue weighted by Crippen LogP contribution is -2.20. The molecule has 0 spiro atoms. The zero-order valence-electron chi connectivity index (χ0n) is 8.47. The first-order chi connectivity index (χ1) is 7.40. The molecule has 1 aromatic rings. The number of hydrogen-bond donors (Lipinski definition) is 0. The third-order valence-electron chi connectivity index (χ3n) is 2.67. The van der Waals surface area contributed by atoms with Gasteiger partial charge in [-0.3, -0.25) is 0 Å². The SMILES string of the molecule is N#CC1CCCCC1Sc1ncccn1. The minimum atomic E-state index is 0.174. The number of hydrogen-bond acceptors (Lipinski definition) is 4. The highest BCUT2D eigenvalue weighted by Crippen LogP contribution is 2.35. The van der Waals surface area contributed by atoms with Crippen molar-refractivity contribution in [3.8, 4) is 6.07 Å². The maximum Gasteiger partial charge on any atom is 0.187 e. The molecule has 0 radical (unpaired) electrons. The minimum Gasteiger partial charge on any atom is -0.231 e. The highest BCUT2D eigenvalue weighted by atomic mass is 32.2. The Hall–Kier alpha value is -1.08. The van der Waals surface area contributed by atoms with Crippen LogP contribution >= 0.6 is 11.8 Å². The summed E-state index contributed by atoms with van der Waals surface area (Å²) in [5.74, 6) is 0.174. The maximum absolute atomic E-state index is 9.04. The van der Waals surface area contributed by atoms with E-state index in [2.05, 4.69) is 16.0 Å². The average molecular weight is 219 g/mol. The summed E-state index contributed by atoms with van der Waals surface area (Å²) in [5.41, 5.74) is 0. The Morgan fingerprint density at radius 3 is 2.73 bits per heavy atom. The van der Waals surface area contributed by atoms with Gasteiger partial charge in [-0.05, 0) is 18.9 Å². The molecule has 0 bridgehead atoms. The monoisotopic (exact) mass is 219 g/mol. The molecule has 1 heterocycles. The lowest BCUT2D eigenvalue weighted by Gasteiger charge is -2.25. The van der Waals surface area contributed by atoms with Gasteiger partial charge in [0.05, 0.1) is 12.0 Å². The van der Waals surface area contributed by atoms with E-state index in [9.17, 15) is 0 Å². The molecule has 0 aromatic carbocycles. The van der Waals surface area contributed by atoms with Crippen LogP contribution in [0.5, 0.6) is 0 Å². The van der Waals surface area contributed by atoms with E-state index in [1.165, 1.54) is 12.8 Å². The van der Waals surface area contributed by atoms with Crippen molar-refractivity contribution >= 4 is 11.8 Å². The first-order valence-electron chi connectivity index (χ1n) is 5.23. The van der Waals surface area contributed by atoms with Gasteiger partial charge in [0, 0.05) is 17.6 Å². The Kier molecular flexibility index (Phi) is 3.57. The Morgan fingerprint density at radius 2 is 2.00 bits per heavy atom. The fraction of sp³-hybridized carbons (Fsp3) is 0.545. The smallest absolute Gasteiger partial charge is 0.187 e. The van der Waals surface area contributed by atoms with Crippen molar-refractivity contribution in [2.45, 2.75) is 36.1 Å². The van der Waals surface area contributed by atoms with Crippen LogP contribution in [0.3, 0.4) is 0 Å². The molecular formula is C11H13N3S. The zero-order valence-corrected chi connectivity index (χ0v) is 9.28. The highest BCUT2D eigenvalue weighted by Gasteiger charge is 2.26. The second-order valence-corrected chi connectivity index (χ2v) is 4.91. The molecule has 2 unspecified atom stereocenters. The van der Waals surface area contributed by atoms with E-state index in [1.54, 1.807) is 24.2 Å². The van der Waals surface area contributed by atoms with Gasteiger partial charge in [-0.2, -0.15) is 5.26 Å². The molecule has 0 amide bonds. The van der Waals surface area contributed by atoms with Crippen LogP contribution in [-0.2, 0) is 0 Å². The van der Waals surface area contributed by atoms with Crippen molar-refractivity contribution in [3.63, 3.8) is 0 Å². The molecule has 0 aliphatic heterocycles. The summed E-state index contributed by atoms with van der Waals surface area (Å²) in [6.45, 7) is 0. The van der Waals surface area contributed by atoms with Crippen LogP contribution in [0.1, 0.15) is 25.7 Å². The number of nitrogens with zero attached hydrogens (tertiary/aromatic N) is 3. The number of rotatable bonds is 2. The fourth-order valence-electron chi connectivity index (χ4n) is 1.87. The van der Waals surface area contributed by atoms with Crippen molar-refractivity contribution in [2.75, 3.05) is 0 Å². The van der Waals surface area contributed by atoms with E-state index in [-0.39, 0.29) is 5.92 Å². The number of thioether (sulfide) groups is 1. The molecule has 1 fully saturated rings. The largest absolute Gasteiger partial charge is 0.231 e. The number of aromatic nitrogens is 2. The standard InChI is InChI=1S/C11H13N3S/c12-8-9-4-1-2-5-10(9)15-11-13-6-3-7-14-11/h3,6-7,9-10H,1-2,4-5H2. The first kappa shape index (κ1) is 10.4. The predicted molar refractivity (Wildman–Crippen MR) is 59.2 cm³/mol.